The second-order valence-electron chi connectivity index (χ2n) is 9.65. The highest BCUT2D eigenvalue weighted by Gasteiger charge is 2.33. The number of anilines is 1. The predicted octanol–water partition coefficient (Wildman–Crippen LogP) is 5.48. The Morgan fingerprint density at radius 3 is 2.21 bits per heavy atom. The first-order chi connectivity index (χ1) is 18.5. The highest BCUT2D eigenvalue weighted by molar-refractivity contribution is 7.92. The maximum Gasteiger partial charge on any atom is 0.264 e. The van der Waals surface area contributed by atoms with Crippen LogP contribution >= 0.6 is 11.6 Å². The number of carbonyl (C=O) groups excluding carboxylic acids is 2. The number of amides is 2. The van der Waals surface area contributed by atoms with Crippen LogP contribution in [0, 0.1) is 13.8 Å². The van der Waals surface area contributed by atoms with Crippen LogP contribution in [0.15, 0.2) is 77.7 Å². The molecule has 0 aromatic heterocycles. The quantitative estimate of drug-likeness (QED) is 0.331. The molecular weight excluding hydrogens is 534 g/mol. The molecule has 0 unspecified atom stereocenters. The number of rotatable bonds is 11. The minimum Gasteiger partial charge on any atom is -0.352 e. The van der Waals surface area contributed by atoms with Gasteiger partial charge in [-0.1, -0.05) is 67.1 Å². The van der Waals surface area contributed by atoms with Gasteiger partial charge in [0.2, 0.25) is 11.8 Å². The first kappa shape index (κ1) is 30.2. The van der Waals surface area contributed by atoms with Crippen molar-refractivity contribution in [2.24, 2.45) is 0 Å². The zero-order valence-corrected chi connectivity index (χ0v) is 24.6. The molecule has 0 radical (unpaired) electrons. The van der Waals surface area contributed by atoms with Gasteiger partial charge in [-0.2, -0.15) is 0 Å². The Balaban J connectivity index is 2.07. The van der Waals surface area contributed by atoms with Gasteiger partial charge in [0.1, 0.15) is 12.6 Å². The second-order valence-corrected chi connectivity index (χ2v) is 11.9. The van der Waals surface area contributed by atoms with Crippen LogP contribution in [0.4, 0.5) is 5.69 Å². The average molecular weight is 570 g/mol. The summed E-state index contributed by atoms with van der Waals surface area (Å²) in [6, 6.07) is 19.6. The molecule has 2 atom stereocenters. The molecule has 3 rings (SSSR count). The monoisotopic (exact) mass is 569 g/mol. The summed E-state index contributed by atoms with van der Waals surface area (Å²) in [5, 5.41) is 3.32. The predicted molar refractivity (Wildman–Crippen MR) is 156 cm³/mol. The van der Waals surface area contributed by atoms with Gasteiger partial charge in [-0.25, -0.2) is 8.42 Å². The van der Waals surface area contributed by atoms with Gasteiger partial charge in [0.15, 0.2) is 0 Å². The number of hydrogen-bond donors (Lipinski definition) is 1. The van der Waals surface area contributed by atoms with E-state index in [-0.39, 0.29) is 23.4 Å². The Bertz CT molecular complexity index is 1410. The lowest BCUT2D eigenvalue weighted by Crippen LogP contribution is -2.52. The first-order valence-corrected chi connectivity index (χ1v) is 14.8. The molecule has 0 heterocycles. The highest BCUT2D eigenvalue weighted by Crippen LogP contribution is 2.31. The van der Waals surface area contributed by atoms with Crippen molar-refractivity contribution in [2.75, 3.05) is 10.8 Å². The smallest absolute Gasteiger partial charge is 0.264 e. The molecule has 0 aliphatic heterocycles. The van der Waals surface area contributed by atoms with Crippen LogP contribution in [0.2, 0.25) is 5.02 Å². The molecule has 0 aliphatic carbocycles. The topological polar surface area (TPSA) is 86.8 Å². The molecule has 0 saturated heterocycles. The summed E-state index contributed by atoms with van der Waals surface area (Å²) in [5.41, 5.74) is 2.65. The zero-order valence-electron chi connectivity index (χ0n) is 23.0. The van der Waals surface area contributed by atoms with E-state index in [9.17, 15) is 18.0 Å². The molecule has 7 nitrogen and oxygen atoms in total. The van der Waals surface area contributed by atoms with E-state index in [4.69, 9.17) is 11.6 Å². The number of nitrogens with zero attached hydrogens (tertiary/aromatic N) is 2. The van der Waals surface area contributed by atoms with Crippen LogP contribution in [0.3, 0.4) is 0 Å². The van der Waals surface area contributed by atoms with E-state index in [1.807, 2.05) is 45.0 Å². The fraction of sp³-hybridized carbons (Fsp3) is 0.333. The summed E-state index contributed by atoms with van der Waals surface area (Å²) in [6.07, 6.45) is 0.737. The molecule has 0 saturated carbocycles. The summed E-state index contributed by atoms with van der Waals surface area (Å²) >= 11 is 6.36. The lowest BCUT2D eigenvalue weighted by Gasteiger charge is -2.33. The van der Waals surface area contributed by atoms with Gasteiger partial charge in [0.25, 0.3) is 10.0 Å². The van der Waals surface area contributed by atoms with Crippen molar-refractivity contribution in [1.29, 1.82) is 0 Å². The van der Waals surface area contributed by atoms with Crippen molar-refractivity contribution >= 4 is 39.1 Å². The molecule has 1 N–H and O–H groups in total. The highest BCUT2D eigenvalue weighted by atomic mass is 35.5. The van der Waals surface area contributed by atoms with Crippen LogP contribution in [0.25, 0.3) is 0 Å². The van der Waals surface area contributed by atoms with Gasteiger partial charge in [0.05, 0.1) is 10.6 Å². The number of hydrogen-bond acceptors (Lipinski definition) is 4. The maximum atomic E-state index is 14.0. The molecule has 39 heavy (non-hydrogen) atoms. The fourth-order valence-electron chi connectivity index (χ4n) is 4.12. The van der Waals surface area contributed by atoms with E-state index in [1.165, 1.54) is 17.0 Å². The van der Waals surface area contributed by atoms with Gasteiger partial charge in [-0.05, 0) is 75.1 Å². The van der Waals surface area contributed by atoms with E-state index >= 15 is 0 Å². The van der Waals surface area contributed by atoms with Gasteiger partial charge in [0, 0.05) is 17.6 Å². The van der Waals surface area contributed by atoms with E-state index in [2.05, 4.69) is 5.32 Å². The van der Waals surface area contributed by atoms with E-state index in [0.717, 1.165) is 21.9 Å². The Morgan fingerprint density at radius 1 is 0.923 bits per heavy atom. The maximum absolute atomic E-state index is 14.0. The Hall–Kier alpha value is -3.36. The lowest BCUT2D eigenvalue weighted by atomic mass is 10.1. The SMILES string of the molecule is CC[C@@H](C)NC(=O)[C@@H](C)N(Cc1ccccc1C)C(=O)CN(c1cccc(Cl)c1C)S(=O)(=O)c1ccccc1. The number of carbonyl (C=O) groups is 2. The van der Waals surface area contributed by atoms with Crippen LogP contribution in [0.5, 0.6) is 0 Å². The molecule has 3 aromatic rings. The molecular formula is C30H36ClN3O4S. The van der Waals surface area contributed by atoms with Crippen LogP contribution in [-0.4, -0.2) is 43.8 Å². The standard InChI is InChI=1S/C30H36ClN3O4S/c1-6-22(3)32-30(36)24(5)33(19-25-14-11-10-13-21(25)2)29(35)20-34(28-18-12-17-27(31)23(28)4)39(37,38)26-15-8-7-9-16-26/h7-18,22,24H,6,19-20H2,1-5H3,(H,32,36)/t22-,24-/m1/s1. The molecule has 3 aromatic carbocycles. The largest absolute Gasteiger partial charge is 0.352 e. The summed E-state index contributed by atoms with van der Waals surface area (Å²) in [4.78, 5) is 28.7. The van der Waals surface area contributed by atoms with Crippen molar-refractivity contribution in [3.8, 4) is 0 Å². The van der Waals surface area contributed by atoms with Crippen molar-refractivity contribution in [3.63, 3.8) is 0 Å². The number of aryl methyl sites for hydroxylation is 1. The summed E-state index contributed by atoms with van der Waals surface area (Å²) < 4.78 is 28.9. The fourth-order valence-corrected chi connectivity index (χ4v) is 5.78. The third-order valence-electron chi connectivity index (χ3n) is 6.89. The minimum absolute atomic E-state index is 0.0465. The number of nitrogens with one attached hydrogen (secondary N) is 1. The summed E-state index contributed by atoms with van der Waals surface area (Å²) in [6.45, 7) is 8.81. The van der Waals surface area contributed by atoms with Gasteiger partial charge >= 0.3 is 0 Å². The second kappa shape index (κ2) is 13.1. The van der Waals surface area contributed by atoms with E-state index in [0.29, 0.717) is 16.3 Å². The average Bonchev–Trinajstić information content (AvgIpc) is 2.92. The Kier molecular flexibility index (Phi) is 10.2. The minimum atomic E-state index is -4.15. The van der Waals surface area contributed by atoms with E-state index in [1.54, 1.807) is 50.2 Å². The van der Waals surface area contributed by atoms with Crippen molar-refractivity contribution < 1.29 is 18.0 Å². The molecule has 208 valence electrons. The van der Waals surface area contributed by atoms with E-state index < -0.39 is 28.5 Å². The molecule has 0 bridgehead atoms. The van der Waals surface area contributed by atoms with Gasteiger partial charge in [-0.15, -0.1) is 0 Å². The third-order valence-corrected chi connectivity index (χ3v) is 9.07. The Morgan fingerprint density at radius 2 is 1.56 bits per heavy atom. The third kappa shape index (κ3) is 7.19. The van der Waals surface area contributed by atoms with Crippen LogP contribution in [-0.2, 0) is 26.2 Å². The number of sulfonamides is 1. The first-order valence-electron chi connectivity index (χ1n) is 12.9. The Labute approximate surface area is 236 Å². The van der Waals surface area contributed by atoms with Crippen molar-refractivity contribution in [3.05, 3.63) is 94.5 Å². The normalized spacial score (nSPS) is 12.9. The summed E-state index contributed by atoms with van der Waals surface area (Å²) in [5.74, 6) is -0.813. The molecule has 9 heteroatoms. The summed E-state index contributed by atoms with van der Waals surface area (Å²) in [7, 11) is -4.15. The lowest BCUT2D eigenvalue weighted by molar-refractivity contribution is -0.139. The van der Waals surface area contributed by atoms with Crippen LogP contribution in [0.1, 0.15) is 43.9 Å². The van der Waals surface area contributed by atoms with Gasteiger partial charge in [-0.3, -0.25) is 13.9 Å². The molecule has 0 fully saturated rings. The molecule has 0 spiro atoms. The number of halogens is 1. The van der Waals surface area contributed by atoms with Crippen molar-refractivity contribution in [2.45, 2.75) is 64.6 Å². The number of benzene rings is 3. The van der Waals surface area contributed by atoms with Crippen molar-refractivity contribution in [1.82, 2.24) is 10.2 Å². The molecule has 2 amide bonds. The van der Waals surface area contributed by atoms with Gasteiger partial charge < -0.3 is 10.2 Å². The van der Waals surface area contributed by atoms with Crippen LogP contribution < -0.4 is 9.62 Å². The molecule has 0 aliphatic rings. The zero-order chi connectivity index (χ0) is 28.7.